The normalized spacial score (nSPS) is 23.9. The molecular formula is C10H9BrClN3OS. The van der Waals surface area contributed by atoms with Crippen LogP contribution in [-0.2, 0) is 16.5 Å². The number of pyridine rings is 1. The van der Waals surface area contributed by atoms with Crippen LogP contribution in [0.2, 0.25) is 5.15 Å². The third-order valence-electron chi connectivity index (χ3n) is 2.87. The van der Waals surface area contributed by atoms with Crippen molar-refractivity contribution in [3.8, 4) is 0 Å². The standard InChI is InChI=1S/C10H9BrClN3OS/c11-2-6-1-8(12)14-10-9(6)13-5-15(10)7-3-17(16)4-7/h1,5,7H,2-4H2. The van der Waals surface area contributed by atoms with E-state index in [1.54, 1.807) is 6.33 Å². The molecule has 1 aliphatic heterocycles. The first-order valence-corrected chi connectivity index (χ1v) is 8.10. The topological polar surface area (TPSA) is 53.8 Å². The van der Waals surface area contributed by atoms with E-state index in [2.05, 4.69) is 25.9 Å². The van der Waals surface area contributed by atoms with E-state index < -0.39 is 11.2 Å². The molecule has 0 unspecified atom stereocenters. The molecule has 0 N–H and O–H groups in total. The van der Waals surface area contributed by atoms with E-state index in [-0.39, 0.29) is 6.04 Å². The molecule has 0 bridgehead atoms. The van der Waals surface area contributed by atoms with Crippen LogP contribution >= 0.6 is 27.5 Å². The van der Waals surface area contributed by atoms with Crippen molar-refractivity contribution in [2.75, 3.05) is 11.5 Å². The molecule has 2 aromatic heterocycles. The highest BCUT2D eigenvalue weighted by Crippen LogP contribution is 2.29. The Morgan fingerprint density at radius 2 is 2.35 bits per heavy atom. The van der Waals surface area contributed by atoms with Gasteiger partial charge in [0.25, 0.3) is 0 Å². The van der Waals surface area contributed by atoms with Crippen molar-refractivity contribution in [1.82, 2.24) is 14.5 Å². The summed E-state index contributed by atoms with van der Waals surface area (Å²) in [6, 6.07) is 2.06. The molecule has 0 aliphatic carbocycles. The smallest absolute Gasteiger partial charge is 0.162 e. The molecule has 1 aliphatic rings. The highest BCUT2D eigenvalue weighted by molar-refractivity contribution is 9.08. The summed E-state index contributed by atoms with van der Waals surface area (Å²) in [7, 11) is 0. The molecule has 3 heterocycles. The Bertz CT molecular complexity index is 570. The van der Waals surface area contributed by atoms with E-state index >= 15 is 0 Å². The highest BCUT2D eigenvalue weighted by atomic mass is 79.9. The van der Waals surface area contributed by atoms with Crippen LogP contribution in [0.25, 0.3) is 11.2 Å². The molecular weight excluding hydrogens is 326 g/mol. The highest BCUT2D eigenvalue weighted by Gasteiger charge is 2.34. The summed E-state index contributed by atoms with van der Waals surface area (Å²) >= 11 is 8.73. The zero-order chi connectivity index (χ0) is 12.0. The second-order valence-corrected chi connectivity index (χ2v) is 6.48. The minimum absolute atomic E-state index is 0.245. The molecule has 7 heteroatoms. The number of fused-ring (bicyclic) bond motifs is 1. The number of alkyl halides is 1. The van der Waals surface area contributed by atoms with Crippen LogP contribution < -0.4 is 0 Å². The van der Waals surface area contributed by atoms with Crippen molar-refractivity contribution in [2.45, 2.75) is 11.4 Å². The molecule has 3 rings (SSSR count). The molecule has 1 saturated heterocycles. The Morgan fingerprint density at radius 3 is 3.00 bits per heavy atom. The molecule has 0 saturated carbocycles. The van der Waals surface area contributed by atoms with Crippen LogP contribution in [0.3, 0.4) is 0 Å². The van der Waals surface area contributed by atoms with Crippen molar-refractivity contribution >= 4 is 49.9 Å². The maximum absolute atomic E-state index is 11.2. The summed E-state index contributed by atoms with van der Waals surface area (Å²) in [5.41, 5.74) is 2.68. The summed E-state index contributed by atoms with van der Waals surface area (Å²) in [5, 5.41) is 1.16. The van der Waals surface area contributed by atoms with Gasteiger partial charge in [0.05, 0.1) is 6.33 Å². The van der Waals surface area contributed by atoms with Crippen molar-refractivity contribution in [3.05, 3.63) is 23.1 Å². The van der Waals surface area contributed by atoms with Crippen molar-refractivity contribution in [2.24, 2.45) is 0 Å². The van der Waals surface area contributed by atoms with Crippen molar-refractivity contribution in [1.29, 1.82) is 0 Å². The fraction of sp³-hybridized carbons (Fsp3) is 0.400. The van der Waals surface area contributed by atoms with Gasteiger partial charge in [-0.3, -0.25) is 0 Å². The Morgan fingerprint density at radius 1 is 1.59 bits per heavy atom. The molecule has 0 radical (unpaired) electrons. The lowest BCUT2D eigenvalue weighted by molar-refractivity contribution is 0.512. The van der Waals surface area contributed by atoms with Gasteiger partial charge in [-0.2, -0.15) is 0 Å². The number of imidazole rings is 1. The average molecular weight is 335 g/mol. The van der Waals surface area contributed by atoms with Gasteiger partial charge in [0.2, 0.25) is 0 Å². The van der Waals surface area contributed by atoms with Gasteiger partial charge >= 0.3 is 0 Å². The number of hydrogen-bond acceptors (Lipinski definition) is 3. The first kappa shape index (κ1) is 11.8. The van der Waals surface area contributed by atoms with Gasteiger partial charge in [-0.25, -0.2) is 9.97 Å². The van der Waals surface area contributed by atoms with E-state index in [9.17, 15) is 4.55 Å². The first-order valence-electron chi connectivity index (χ1n) is 5.12. The van der Waals surface area contributed by atoms with Crippen LogP contribution in [0.5, 0.6) is 0 Å². The van der Waals surface area contributed by atoms with Crippen LogP contribution in [-0.4, -0.2) is 30.6 Å². The third-order valence-corrected chi connectivity index (χ3v) is 5.18. The molecule has 0 spiro atoms. The molecule has 0 atom stereocenters. The maximum atomic E-state index is 11.2. The van der Waals surface area contributed by atoms with Crippen molar-refractivity contribution < 1.29 is 4.55 Å². The van der Waals surface area contributed by atoms with Crippen LogP contribution in [0.1, 0.15) is 11.6 Å². The summed E-state index contributed by atoms with van der Waals surface area (Å²) in [6.45, 7) is 0. The van der Waals surface area contributed by atoms with Crippen LogP contribution in [0.4, 0.5) is 0 Å². The van der Waals surface area contributed by atoms with Gasteiger partial charge in [-0.1, -0.05) is 27.5 Å². The fourth-order valence-corrected chi connectivity index (χ4v) is 3.67. The van der Waals surface area contributed by atoms with E-state index in [1.807, 2.05) is 10.6 Å². The van der Waals surface area contributed by atoms with E-state index in [0.717, 1.165) is 16.7 Å². The Hall–Kier alpha value is -0.300. The molecule has 17 heavy (non-hydrogen) atoms. The largest absolute Gasteiger partial charge is 0.616 e. The predicted octanol–water partition coefficient (Wildman–Crippen LogP) is 2.28. The lowest BCUT2D eigenvalue weighted by atomic mass is 10.2. The quantitative estimate of drug-likeness (QED) is 0.481. The summed E-state index contributed by atoms with van der Waals surface area (Å²) in [5.74, 6) is 1.37. The molecule has 0 aromatic carbocycles. The van der Waals surface area contributed by atoms with Crippen molar-refractivity contribution in [3.63, 3.8) is 0 Å². The van der Waals surface area contributed by atoms with E-state index in [4.69, 9.17) is 11.6 Å². The van der Waals surface area contributed by atoms with Gasteiger partial charge in [0.1, 0.15) is 28.2 Å². The Kier molecular flexibility index (Phi) is 3.06. The first-order chi connectivity index (χ1) is 8.19. The average Bonchev–Trinajstić information content (AvgIpc) is 2.67. The number of hydrogen-bond donors (Lipinski definition) is 0. The third kappa shape index (κ3) is 1.97. The van der Waals surface area contributed by atoms with Crippen LogP contribution in [0, 0.1) is 0 Å². The molecule has 90 valence electrons. The van der Waals surface area contributed by atoms with E-state index in [1.165, 1.54) is 0 Å². The molecule has 1 fully saturated rings. The molecule has 4 nitrogen and oxygen atoms in total. The number of halogens is 2. The van der Waals surface area contributed by atoms with Gasteiger partial charge in [0.15, 0.2) is 5.65 Å². The summed E-state index contributed by atoms with van der Waals surface area (Å²) in [4.78, 5) is 8.69. The second kappa shape index (κ2) is 4.42. The number of rotatable bonds is 2. The minimum Gasteiger partial charge on any atom is -0.616 e. The Balaban J connectivity index is 2.11. The number of aromatic nitrogens is 3. The monoisotopic (exact) mass is 333 g/mol. The summed E-state index contributed by atoms with van der Waals surface area (Å²) < 4.78 is 13.1. The maximum Gasteiger partial charge on any atom is 0.162 e. The Labute approximate surface area is 115 Å². The SMILES string of the molecule is [O-][S+]1CC(n2cnc3c(CBr)cc(Cl)nc32)C1. The summed E-state index contributed by atoms with van der Waals surface area (Å²) in [6.07, 6.45) is 1.77. The zero-order valence-corrected chi connectivity index (χ0v) is 11.9. The zero-order valence-electron chi connectivity index (χ0n) is 8.77. The second-order valence-electron chi connectivity index (χ2n) is 3.99. The lowest BCUT2D eigenvalue weighted by Gasteiger charge is -2.29. The minimum atomic E-state index is -0.681. The molecule has 0 amide bonds. The van der Waals surface area contributed by atoms with Gasteiger partial charge in [-0.05, 0) is 22.8 Å². The number of nitrogens with zero attached hydrogens (tertiary/aromatic N) is 3. The molecule has 2 aromatic rings. The predicted molar refractivity (Wildman–Crippen MR) is 72.1 cm³/mol. The van der Waals surface area contributed by atoms with Gasteiger partial charge in [-0.15, -0.1) is 0 Å². The fourth-order valence-electron chi connectivity index (χ4n) is 1.95. The lowest BCUT2D eigenvalue weighted by Crippen LogP contribution is -2.37. The van der Waals surface area contributed by atoms with E-state index in [0.29, 0.717) is 22.0 Å². The van der Waals surface area contributed by atoms with Gasteiger partial charge < -0.3 is 9.12 Å². The van der Waals surface area contributed by atoms with Gasteiger partial charge in [0, 0.05) is 5.33 Å². The van der Waals surface area contributed by atoms with Crippen LogP contribution in [0.15, 0.2) is 12.4 Å².